The summed E-state index contributed by atoms with van der Waals surface area (Å²) in [5.74, 6) is -0.642. The highest BCUT2D eigenvalue weighted by molar-refractivity contribution is 9.10. The minimum atomic E-state index is -0.957. The number of benzene rings is 1. The Kier molecular flexibility index (Phi) is 3.06. The van der Waals surface area contributed by atoms with E-state index in [4.69, 9.17) is 10.8 Å². The third kappa shape index (κ3) is 2.42. The van der Waals surface area contributed by atoms with Crippen molar-refractivity contribution < 1.29 is 9.90 Å². The third-order valence-corrected chi connectivity index (χ3v) is 2.77. The molecule has 2 aromatic rings. The van der Waals surface area contributed by atoms with Gasteiger partial charge in [-0.2, -0.15) is 0 Å². The van der Waals surface area contributed by atoms with Gasteiger partial charge < -0.3 is 10.8 Å². The first-order chi connectivity index (χ1) is 8.08. The van der Waals surface area contributed by atoms with Crippen LogP contribution in [0, 0.1) is 0 Å². The van der Waals surface area contributed by atoms with Gasteiger partial charge in [-0.15, -0.1) is 0 Å². The van der Waals surface area contributed by atoms with Crippen molar-refractivity contribution in [2.24, 2.45) is 0 Å². The molecule has 3 N–H and O–H groups in total. The molecule has 0 atom stereocenters. The number of nitrogens with zero attached hydrogens (tertiary/aromatic N) is 2. The molecule has 0 amide bonds. The smallest absolute Gasteiger partial charge is 0.335 e. The summed E-state index contributed by atoms with van der Waals surface area (Å²) in [6.07, 6.45) is 1.54. The van der Waals surface area contributed by atoms with Crippen LogP contribution < -0.4 is 5.73 Å². The molecule has 0 aliphatic rings. The second-order valence-corrected chi connectivity index (χ2v) is 4.06. The number of carboxylic acid groups (broad SMARTS) is 1. The van der Waals surface area contributed by atoms with E-state index in [1.165, 1.54) is 18.3 Å². The summed E-state index contributed by atoms with van der Waals surface area (Å²) in [5.41, 5.74) is 7.17. The number of aromatic carboxylic acids is 1. The van der Waals surface area contributed by atoms with Crippen LogP contribution in [-0.4, -0.2) is 21.0 Å². The van der Waals surface area contributed by atoms with Gasteiger partial charge in [-0.1, -0.05) is 12.1 Å². The Labute approximate surface area is 105 Å². The maximum atomic E-state index is 10.7. The normalized spacial score (nSPS) is 10.2. The zero-order valence-corrected chi connectivity index (χ0v) is 10.2. The van der Waals surface area contributed by atoms with Gasteiger partial charge in [0.2, 0.25) is 0 Å². The van der Waals surface area contributed by atoms with Gasteiger partial charge in [0.1, 0.15) is 4.60 Å². The zero-order chi connectivity index (χ0) is 12.4. The maximum absolute atomic E-state index is 10.7. The molecule has 0 fully saturated rings. The minimum Gasteiger partial charge on any atom is -0.478 e. The van der Waals surface area contributed by atoms with Gasteiger partial charge in [0.25, 0.3) is 0 Å². The molecule has 0 radical (unpaired) electrons. The van der Waals surface area contributed by atoms with E-state index in [2.05, 4.69) is 25.9 Å². The number of carbonyl (C=O) groups is 1. The number of halogens is 1. The molecule has 1 aromatic heterocycles. The van der Waals surface area contributed by atoms with Crippen molar-refractivity contribution in [3.8, 4) is 11.3 Å². The van der Waals surface area contributed by atoms with E-state index >= 15 is 0 Å². The molecule has 0 bridgehead atoms. The number of anilines is 1. The van der Waals surface area contributed by atoms with Crippen molar-refractivity contribution >= 4 is 27.7 Å². The van der Waals surface area contributed by atoms with Crippen LogP contribution in [0.5, 0.6) is 0 Å². The standard InChI is InChI=1S/C11H8BrN3O2/c12-9-10(13)14-5-8(15-9)6-1-3-7(4-2-6)11(16)17/h1-5H,(H2,13,14)(H,16,17). The average molecular weight is 294 g/mol. The highest BCUT2D eigenvalue weighted by Gasteiger charge is 2.06. The first-order valence-electron chi connectivity index (χ1n) is 4.69. The van der Waals surface area contributed by atoms with Crippen LogP contribution in [-0.2, 0) is 0 Å². The monoisotopic (exact) mass is 293 g/mol. The van der Waals surface area contributed by atoms with Gasteiger partial charge in [0.05, 0.1) is 17.5 Å². The largest absolute Gasteiger partial charge is 0.478 e. The molecule has 0 aliphatic carbocycles. The lowest BCUT2D eigenvalue weighted by Crippen LogP contribution is -1.97. The van der Waals surface area contributed by atoms with Crippen molar-refractivity contribution in [1.82, 2.24) is 9.97 Å². The SMILES string of the molecule is Nc1ncc(-c2ccc(C(=O)O)cc2)nc1Br. The number of hydrogen-bond acceptors (Lipinski definition) is 4. The van der Waals surface area contributed by atoms with Crippen LogP contribution in [0.1, 0.15) is 10.4 Å². The molecule has 0 aliphatic heterocycles. The maximum Gasteiger partial charge on any atom is 0.335 e. The van der Waals surface area contributed by atoms with E-state index < -0.39 is 5.97 Å². The molecule has 0 spiro atoms. The van der Waals surface area contributed by atoms with Crippen LogP contribution in [0.25, 0.3) is 11.3 Å². The predicted octanol–water partition coefficient (Wildman–Crippen LogP) is 2.19. The fourth-order valence-corrected chi connectivity index (χ4v) is 1.59. The highest BCUT2D eigenvalue weighted by Crippen LogP contribution is 2.21. The second kappa shape index (κ2) is 4.50. The van der Waals surface area contributed by atoms with Gasteiger partial charge in [-0.3, -0.25) is 0 Å². The molecule has 5 nitrogen and oxygen atoms in total. The van der Waals surface area contributed by atoms with Gasteiger partial charge in [0, 0.05) is 5.56 Å². The summed E-state index contributed by atoms with van der Waals surface area (Å²) in [4.78, 5) is 18.9. The molecule has 6 heteroatoms. The molecular formula is C11H8BrN3O2. The number of carboxylic acids is 1. The number of aromatic nitrogens is 2. The Bertz CT molecular complexity index is 569. The topological polar surface area (TPSA) is 89.1 Å². The first kappa shape index (κ1) is 11.5. The van der Waals surface area contributed by atoms with Crippen molar-refractivity contribution in [3.05, 3.63) is 40.6 Å². The van der Waals surface area contributed by atoms with Crippen LogP contribution in [0.4, 0.5) is 5.82 Å². The predicted molar refractivity (Wildman–Crippen MR) is 66.5 cm³/mol. The summed E-state index contributed by atoms with van der Waals surface area (Å²) in [6.45, 7) is 0. The van der Waals surface area contributed by atoms with Gasteiger partial charge in [-0.05, 0) is 28.1 Å². The van der Waals surface area contributed by atoms with Crippen molar-refractivity contribution in [1.29, 1.82) is 0 Å². The molecule has 1 aromatic carbocycles. The molecule has 2 rings (SSSR count). The zero-order valence-electron chi connectivity index (χ0n) is 8.59. The van der Waals surface area contributed by atoms with Crippen LogP contribution in [0.3, 0.4) is 0 Å². The number of rotatable bonds is 2. The number of hydrogen-bond donors (Lipinski definition) is 2. The quantitative estimate of drug-likeness (QED) is 0.886. The Morgan fingerprint density at radius 2 is 1.94 bits per heavy atom. The minimum absolute atomic E-state index is 0.233. The Morgan fingerprint density at radius 1 is 1.29 bits per heavy atom. The summed E-state index contributed by atoms with van der Waals surface area (Å²) < 4.78 is 0.470. The summed E-state index contributed by atoms with van der Waals surface area (Å²) in [6, 6.07) is 6.39. The number of nitrogens with two attached hydrogens (primary N) is 1. The lowest BCUT2D eigenvalue weighted by atomic mass is 10.1. The summed E-state index contributed by atoms with van der Waals surface area (Å²) >= 11 is 3.19. The fourth-order valence-electron chi connectivity index (χ4n) is 1.30. The van der Waals surface area contributed by atoms with Crippen molar-refractivity contribution in [3.63, 3.8) is 0 Å². The van der Waals surface area contributed by atoms with Crippen LogP contribution >= 0.6 is 15.9 Å². The van der Waals surface area contributed by atoms with Crippen molar-refractivity contribution in [2.75, 3.05) is 5.73 Å². The Balaban J connectivity index is 2.39. The lowest BCUT2D eigenvalue weighted by Gasteiger charge is -2.03. The number of nitrogen functional groups attached to an aromatic ring is 1. The Morgan fingerprint density at radius 3 is 2.47 bits per heavy atom. The third-order valence-electron chi connectivity index (χ3n) is 2.18. The molecule has 0 unspecified atom stereocenters. The Hall–Kier alpha value is -1.95. The van der Waals surface area contributed by atoms with Crippen molar-refractivity contribution in [2.45, 2.75) is 0 Å². The van der Waals surface area contributed by atoms with E-state index in [0.717, 1.165) is 5.56 Å². The van der Waals surface area contributed by atoms with E-state index in [-0.39, 0.29) is 5.56 Å². The van der Waals surface area contributed by atoms with E-state index in [1.54, 1.807) is 12.1 Å². The molecule has 0 saturated carbocycles. The second-order valence-electron chi connectivity index (χ2n) is 3.31. The molecule has 0 saturated heterocycles. The molecular weight excluding hydrogens is 286 g/mol. The summed E-state index contributed by atoms with van der Waals surface area (Å²) in [5, 5.41) is 8.77. The van der Waals surface area contributed by atoms with Crippen LogP contribution in [0.2, 0.25) is 0 Å². The van der Waals surface area contributed by atoms with Gasteiger partial charge in [0.15, 0.2) is 5.82 Å². The lowest BCUT2D eigenvalue weighted by molar-refractivity contribution is 0.0697. The fraction of sp³-hybridized carbons (Fsp3) is 0. The average Bonchev–Trinajstić information content (AvgIpc) is 2.33. The van der Waals surface area contributed by atoms with Gasteiger partial charge >= 0.3 is 5.97 Å². The molecule has 86 valence electrons. The summed E-state index contributed by atoms with van der Waals surface area (Å²) in [7, 11) is 0. The van der Waals surface area contributed by atoms with Crippen LogP contribution in [0.15, 0.2) is 35.1 Å². The highest BCUT2D eigenvalue weighted by atomic mass is 79.9. The van der Waals surface area contributed by atoms with E-state index in [1.807, 2.05) is 0 Å². The first-order valence-corrected chi connectivity index (χ1v) is 5.49. The van der Waals surface area contributed by atoms with E-state index in [9.17, 15) is 4.79 Å². The van der Waals surface area contributed by atoms with E-state index in [0.29, 0.717) is 16.1 Å². The molecule has 17 heavy (non-hydrogen) atoms. The molecule has 1 heterocycles. The van der Waals surface area contributed by atoms with Gasteiger partial charge in [-0.25, -0.2) is 14.8 Å².